The first-order valence-corrected chi connectivity index (χ1v) is 9.49. The third kappa shape index (κ3) is 4.15. The lowest BCUT2D eigenvalue weighted by Crippen LogP contribution is -2.41. The van der Waals surface area contributed by atoms with Gasteiger partial charge in [-0.1, -0.05) is 0 Å². The number of hydrogen-bond donors (Lipinski definition) is 0. The van der Waals surface area contributed by atoms with Crippen molar-refractivity contribution in [1.29, 1.82) is 0 Å². The fourth-order valence-corrected chi connectivity index (χ4v) is 3.85. The molecule has 25 heavy (non-hydrogen) atoms. The van der Waals surface area contributed by atoms with Gasteiger partial charge in [-0.2, -0.15) is 0 Å². The minimum atomic E-state index is -0.0624. The Bertz CT molecular complexity index is 559. The molecule has 0 aliphatic carbocycles. The van der Waals surface area contributed by atoms with Crippen LogP contribution < -0.4 is 4.90 Å². The molecule has 0 aromatic heterocycles. The second kappa shape index (κ2) is 8.19. The van der Waals surface area contributed by atoms with E-state index in [1.807, 2.05) is 17.0 Å². The summed E-state index contributed by atoms with van der Waals surface area (Å²) < 4.78 is 11.2. The van der Waals surface area contributed by atoms with Crippen LogP contribution in [0.4, 0.5) is 5.69 Å². The SMILES string of the molecule is CCN(c1ccc(C(=O)N2CCC(C3OCCO3)CC2)cc1)C(C)C. The van der Waals surface area contributed by atoms with Gasteiger partial charge >= 0.3 is 0 Å². The number of ether oxygens (including phenoxy) is 2. The quantitative estimate of drug-likeness (QED) is 0.821. The van der Waals surface area contributed by atoms with Gasteiger partial charge in [-0.25, -0.2) is 0 Å². The van der Waals surface area contributed by atoms with Crippen LogP contribution in [0.1, 0.15) is 44.0 Å². The second-order valence-corrected chi connectivity index (χ2v) is 7.17. The monoisotopic (exact) mass is 346 g/mol. The van der Waals surface area contributed by atoms with Crippen LogP contribution in [0, 0.1) is 5.92 Å². The van der Waals surface area contributed by atoms with E-state index in [2.05, 4.69) is 37.8 Å². The highest BCUT2D eigenvalue weighted by Crippen LogP contribution is 2.27. The molecule has 2 fully saturated rings. The lowest BCUT2D eigenvalue weighted by atomic mass is 9.95. The second-order valence-electron chi connectivity index (χ2n) is 7.17. The van der Waals surface area contributed by atoms with Gasteiger partial charge in [-0.05, 0) is 57.9 Å². The van der Waals surface area contributed by atoms with Crippen LogP contribution in [-0.4, -0.2) is 56.0 Å². The standard InChI is InChI=1S/C20H30N2O3/c1-4-22(15(2)3)18-7-5-16(6-8-18)19(23)21-11-9-17(10-12-21)20-24-13-14-25-20/h5-8,15,17,20H,4,9-14H2,1-3H3. The minimum Gasteiger partial charge on any atom is -0.369 e. The van der Waals surface area contributed by atoms with Gasteiger partial charge in [0.25, 0.3) is 5.91 Å². The highest BCUT2D eigenvalue weighted by atomic mass is 16.7. The third-order valence-corrected chi connectivity index (χ3v) is 5.27. The van der Waals surface area contributed by atoms with Crippen molar-refractivity contribution in [1.82, 2.24) is 4.90 Å². The van der Waals surface area contributed by atoms with E-state index in [0.29, 0.717) is 25.2 Å². The van der Waals surface area contributed by atoms with E-state index < -0.39 is 0 Å². The Morgan fingerprint density at radius 2 is 1.76 bits per heavy atom. The van der Waals surface area contributed by atoms with Gasteiger partial charge in [0.15, 0.2) is 6.29 Å². The molecule has 1 aromatic carbocycles. The summed E-state index contributed by atoms with van der Waals surface area (Å²) in [4.78, 5) is 17.0. The molecule has 1 amide bonds. The molecule has 0 radical (unpaired) electrons. The summed E-state index contributed by atoms with van der Waals surface area (Å²) in [7, 11) is 0. The minimum absolute atomic E-state index is 0.0624. The van der Waals surface area contributed by atoms with E-state index in [1.54, 1.807) is 0 Å². The van der Waals surface area contributed by atoms with Crippen LogP contribution in [0.25, 0.3) is 0 Å². The molecule has 3 rings (SSSR count). The van der Waals surface area contributed by atoms with Gasteiger partial charge in [-0.15, -0.1) is 0 Å². The number of carbonyl (C=O) groups excluding carboxylic acids is 1. The molecule has 2 aliphatic rings. The topological polar surface area (TPSA) is 42.0 Å². The number of nitrogens with zero attached hydrogens (tertiary/aromatic N) is 2. The van der Waals surface area contributed by atoms with Gasteiger partial charge in [0.2, 0.25) is 0 Å². The summed E-state index contributed by atoms with van der Waals surface area (Å²) in [5, 5.41) is 0. The molecule has 0 spiro atoms. The first kappa shape index (κ1) is 18.2. The van der Waals surface area contributed by atoms with Crippen LogP contribution in [0.5, 0.6) is 0 Å². The number of piperidine rings is 1. The molecule has 2 saturated heterocycles. The summed E-state index contributed by atoms with van der Waals surface area (Å²) in [6.07, 6.45) is 1.84. The Hall–Kier alpha value is -1.59. The molecule has 0 unspecified atom stereocenters. The molecule has 0 atom stereocenters. The Morgan fingerprint density at radius 1 is 1.16 bits per heavy atom. The molecule has 138 valence electrons. The van der Waals surface area contributed by atoms with Crippen LogP contribution in [0.15, 0.2) is 24.3 Å². The van der Waals surface area contributed by atoms with E-state index >= 15 is 0 Å². The van der Waals surface area contributed by atoms with Crippen LogP contribution in [0.3, 0.4) is 0 Å². The van der Waals surface area contributed by atoms with E-state index in [4.69, 9.17) is 9.47 Å². The molecule has 0 bridgehead atoms. The molecule has 2 aliphatic heterocycles. The average molecular weight is 346 g/mol. The summed E-state index contributed by atoms with van der Waals surface area (Å²) >= 11 is 0. The summed E-state index contributed by atoms with van der Waals surface area (Å²) in [6, 6.07) is 8.48. The molecule has 1 aromatic rings. The average Bonchev–Trinajstić information content (AvgIpc) is 3.17. The maximum Gasteiger partial charge on any atom is 0.253 e. The van der Waals surface area contributed by atoms with E-state index in [9.17, 15) is 4.79 Å². The van der Waals surface area contributed by atoms with Crippen molar-refractivity contribution in [3.63, 3.8) is 0 Å². The van der Waals surface area contributed by atoms with Crippen molar-refractivity contribution in [3.8, 4) is 0 Å². The van der Waals surface area contributed by atoms with Crippen molar-refractivity contribution in [2.45, 2.75) is 45.9 Å². The zero-order valence-corrected chi connectivity index (χ0v) is 15.6. The number of carbonyl (C=O) groups is 1. The van der Waals surface area contributed by atoms with E-state index in [1.165, 1.54) is 5.69 Å². The fraction of sp³-hybridized carbons (Fsp3) is 0.650. The number of rotatable bonds is 5. The number of amides is 1. The van der Waals surface area contributed by atoms with Crippen LogP contribution in [-0.2, 0) is 9.47 Å². The highest BCUT2D eigenvalue weighted by molar-refractivity contribution is 5.94. The molecule has 0 N–H and O–H groups in total. The molecule has 0 saturated carbocycles. The smallest absolute Gasteiger partial charge is 0.253 e. The Morgan fingerprint density at radius 3 is 2.28 bits per heavy atom. The zero-order valence-electron chi connectivity index (χ0n) is 15.6. The van der Waals surface area contributed by atoms with Crippen molar-refractivity contribution in [3.05, 3.63) is 29.8 Å². The van der Waals surface area contributed by atoms with Crippen molar-refractivity contribution in [2.24, 2.45) is 5.92 Å². The normalized spacial score (nSPS) is 19.6. The number of anilines is 1. The number of likely N-dealkylation sites (tertiary alicyclic amines) is 1. The van der Waals surface area contributed by atoms with Gasteiger partial charge < -0.3 is 19.3 Å². The van der Waals surface area contributed by atoms with Gasteiger partial charge in [0, 0.05) is 42.8 Å². The van der Waals surface area contributed by atoms with Crippen molar-refractivity contribution >= 4 is 11.6 Å². The Kier molecular flexibility index (Phi) is 5.97. The maximum atomic E-state index is 12.8. The summed E-state index contributed by atoms with van der Waals surface area (Å²) in [6.45, 7) is 10.4. The predicted molar refractivity (Wildman–Crippen MR) is 98.9 cm³/mol. The predicted octanol–water partition coefficient (Wildman–Crippen LogP) is 3.15. The summed E-state index contributed by atoms with van der Waals surface area (Å²) in [5.74, 6) is 0.545. The zero-order chi connectivity index (χ0) is 17.8. The fourth-order valence-electron chi connectivity index (χ4n) is 3.85. The van der Waals surface area contributed by atoms with E-state index in [0.717, 1.165) is 38.0 Å². The van der Waals surface area contributed by atoms with Gasteiger partial charge in [0.1, 0.15) is 0 Å². The van der Waals surface area contributed by atoms with Crippen LogP contribution in [0.2, 0.25) is 0 Å². The molecule has 2 heterocycles. The first-order valence-electron chi connectivity index (χ1n) is 9.49. The van der Waals surface area contributed by atoms with Gasteiger partial charge in [-0.3, -0.25) is 4.79 Å². The largest absolute Gasteiger partial charge is 0.369 e. The molecular weight excluding hydrogens is 316 g/mol. The summed E-state index contributed by atoms with van der Waals surface area (Å²) in [5.41, 5.74) is 1.94. The Balaban J connectivity index is 1.58. The Labute approximate surface area is 150 Å². The first-order chi connectivity index (χ1) is 12.1. The lowest BCUT2D eigenvalue weighted by molar-refractivity contribution is -0.0956. The highest BCUT2D eigenvalue weighted by Gasteiger charge is 2.32. The van der Waals surface area contributed by atoms with Crippen molar-refractivity contribution in [2.75, 3.05) is 37.7 Å². The maximum absolute atomic E-state index is 12.8. The van der Waals surface area contributed by atoms with Crippen molar-refractivity contribution < 1.29 is 14.3 Å². The third-order valence-electron chi connectivity index (χ3n) is 5.27. The van der Waals surface area contributed by atoms with E-state index in [-0.39, 0.29) is 12.2 Å². The number of hydrogen-bond acceptors (Lipinski definition) is 4. The molecule has 5 nitrogen and oxygen atoms in total. The molecular formula is C20H30N2O3. The molecule has 5 heteroatoms. The number of benzene rings is 1. The van der Waals surface area contributed by atoms with Gasteiger partial charge in [0.05, 0.1) is 13.2 Å². The van der Waals surface area contributed by atoms with Crippen LogP contribution >= 0.6 is 0 Å². The lowest BCUT2D eigenvalue weighted by Gasteiger charge is -2.34.